The second-order valence-electron chi connectivity index (χ2n) is 8.84. The molecule has 1 aliphatic rings. The Balaban J connectivity index is 1.47. The minimum atomic E-state index is -0.292. The zero-order valence-corrected chi connectivity index (χ0v) is 20.1. The standard InChI is InChI=1S/C27H32FN3O3/c1-4-34-24-11-5-21(6-12-24)27(13-15-33-16-14-27)18-29-26(32)17-25-19(2)30-31(20(25)3)23-9-7-22(28)8-10-23/h5-12H,4,13-18H2,1-3H3,(H,29,32). The minimum absolute atomic E-state index is 0.0401. The van der Waals surface area contributed by atoms with Gasteiger partial charge in [0.05, 0.1) is 24.4 Å². The van der Waals surface area contributed by atoms with Gasteiger partial charge in [0.2, 0.25) is 5.91 Å². The van der Waals surface area contributed by atoms with E-state index in [4.69, 9.17) is 9.47 Å². The van der Waals surface area contributed by atoms with E-state index in [1.165, 1.54) is 17.7 Å². The van der Waals surface area contributed by atoms with E-state index in [0.29, 0.717) is 26.4 Å². The van der Waals surface area contributed by atoms with Gasteiger partial charge in [-0.2, -0.15) is 5.10 Å². The molecule has 4 rings (SSSR count). The molecule has 1 saturated heterocycles. The van der Waals surface area contributed by atoms with Crippen molar-refractivity contribution in [1.82, 2.24) is 15.1 Å². The third kappa shape index (κ3) is 5.14. The van der Waals surface area contributed by atoms with E-state index in [-0.39, 0.29) is 23.6 Å². The predicted octanol–water partition coefficient (Wildman–Crippen LogP) is 4.43. The number of aromatic nitrogens is 2. The molecule has 0 radical (unpaired) electrons. The number of amides is 1. The van der Waals surface area contributed by atoms with Crippen LogP contribution in [0.25, 0.3) is 5.69 Å². The Bertz CT molecular complexity index is 1120. The van der Waals surface area contributed by atoms with Crippen LogP contribution in [0, 0.1) is 19.7 Å². The number of nitrogens with one attached hydrogen (secondary N) is 1. The fourth-order valence-electron chi connectivity index (χ4n) is 4.66. The molecule has 1 N–H and O–H groups in total. The number of benzene rings is 2. The molecule has 2 heterocycles. The summed E-state index contributed by atoms with van der Waals surface area (Å²) in [7, 11) is 0. The summed E-state index contributed by atoms with van der Waals surface area (Å²) >= 11 is 0. The molecule has 0 atom stereocenters. The maximum Gasteiger partial charge on any atom is 0.224 e. The smallest absolute Gasteiger partial charge is 0.224 e. The average molecular weight is 466 g/mol. The highest BCUT2D eigenvalue weighted by Crippen LogP contribution is 2.35. The van der Waals surface area contributed by atoms with Gasteiger partial charge in [0.1, 0.15) is 11.6 Å². The first kappa shape index (κ1) is 24.0. The summed E-state index contributed by atoms with van der Waals surface area (Å²) in [5.41, 5.74) is 4.36. The fourth-order valence-corrected chi connectivity index (χ4v) is 4.66. The summed E-state index contributed by atoms with van der Waals surface area (Å²) in [6.07, 6.45) is 1.94. The third-order valence-corrected chi connectivity index (χ3v) is 6.70. The van der Waals surface area contributed by atoms with Gasteiger partial charge in [0, 0.05) is 36.4 Å². The van der Waals surface area contributed by atoms with E-state index in [0.717, 1.165) is 41.2 Å². The normalized spacial score (nSPS) is 15.2. The van der Waals surface area contributed by atoms with Crippen LogP contribution in [0.2, 0.25) is 0 Å². The van der Waals surface area contributed by atoms with E-state index in [1.54, 1.807) is 16.8 Å². The van der Waals surface area contributed by atoms with Crippen molar-refractivity contribution in [3.63, 3.8) is 0 Å². The van der Waals surface area contributed by atoms with Gasteiger partial charge in [-0.25, -0.2) is 9.07 Å². The fraction of sp³-hybridized carbons (Fsp3) is 0.407. The predicted molar refractivity (Wildman–Crippen MR) is 129 cm³/mol. The first-order valence-corrected chi connectivity index (χ1v) is 11.8. The van der Waals surface area contributed by atoms with Gasteiger partial charge in [0.25, 0.3) is 0 Å². The molecule has 1 aliphatic heterocycles. The van der Waals surface area contributed by atoms with Crippen molar-refractivity contribution in [2.24, 2.45) is 0 Å². The lowest BCUT2D eigenvalue weighted by Crippen LogP contribution is -2.45. The second kappa shape index (κ2) is 10.4. The molecule has 7 heteroatoms. The Kier molecular flexibility index (Phi) is 7.32. The van der Waals surface area contributed by atoms with E-state index in [1.807, 2.05) is 32.9 Å². The Morgan fingerprint density at radius 1 is 1.12 bits per heavy atom. The van der Waals surface area contributed by atoms with Crippen molar-refractivity contribution in [1.29, 1.82) is 0 Å². The molecule has 2 aromatic carbocycles. The monoisotopic (exact) mass is 465 g/mol. The van der Waals surface area contributed by atoms with Gasteiger partial charge in [-0.1, -0.05) is 12.1 Å². The van der Waals surface area contributed by atoms with Crippen LogP contribution < -0.4 is 10.1 Å². The lowest BCUT2D eigenvalue weighted by Gasteiger charge is -2.38. The van der Waals surface area contributed by atoms with E-state index < -0.39 is 0 Å². The maximum atomic E-state index is 13.3. The lowest BCUT2D eigenvalue weighted by molar-refractivity contribution is -0.121. The number of carbonyl (C=O) groups is 1. The summed E-state index contributed by atoms with van der Waals surface area (Å²) in [4.78, 5) is 13.0. The molecule has 0 aliphatic carbocycles. The van der Waals surface area contributed by atoms with Crippen molar-refractivity contribution >= 4 is 5.91 Å². The molecule has 34 heavy (non-hydrogen) atoms. The van der Waals surface area contributed by atoms with Crippen molar-refractivity contribution < 1.29 is 18.7 Å². The molecule has 180 valence electrons. The highest BCUT2D eigenvalue weighted by molar-refractivity contribution is 5.79. The van der Waals surface area contributed by atoms with Crippen molar-refractivity contribution in [3.8, 4) is 11.4 Å². The van der Waals surface area contributed by atoms with Crippen LogP contribution in [0.5, 0.6) is 5.75 Å². The SMILES string of the molecule is CCOc1ccc(C2(CNC(=O)Cc3c(C)nn(-c4ccc(F)cc4)c3C)CCOCC2)cc1. The third-order valence-electron chi connectivity index (χ3n) is 6.70. The Hall–Kier alpha value is -3.19. The van der Waals surface area contributed by atoms with Gasteiger partial charge in [-0.15, -0.1) is 0 Å². The summed E-state index contributed by atoms with van der Waals surface area (Å²) in [5, 5.41) is 7.76. The summed E-state index contributed by atoms with van der Waals surface area (Å²) in [6.45, 7) is 8.33. The van der Waals surface area contributed by atoms with E-state index >= 15 is 0 Å². The molecule has 0 spiro atoms. The zero-order chi connectivity index (χ0) is 24.1. The molecule has 6 nitrogen and oxygen atoms in total. The Labute approximate surface area is 200 Å². The van der Waals surface area contributed by atoms with Crippen LogP contribution in [-0.4, -0.2) is 42.1 Å². The molecular formula is C27H32FN3O3. The van der Waals surface area contributed by atoms with Crippen LogP contribution in [0.15, 0.2) is 48.5 Å². The first-order valence-electron chi connectivity index (χ1n) is 11.8. The zero-order valence-electron chi connectivity index (χ0n) is 20.1. The molecular weight excluding hydrogens is 433 g/mol. The van der Waals surface area contributed by atoms with E-state index in [2.05, 4.69) is 22.5 Å². The number of aryl methyl sites for hydroxylation is 1. The lowest BCUT2D eigenvalue weighted by atomic mass is 9.74. The van der Waals surface area contributed by atoms with Crippen LogP contribution in [0.4, 0.5) is 4.39 Å². The maximum absolute atomic E-state index is 13.3. The van der Waals surface area contributed by atoms with E-state index in [9.17, 15) is 9.18 Å². The van der Waals surface area contributed by atoms with Gasteiger partial charge >= 0.3 is 0 Å². The molecule has 0 unspecified atom stereocenters. The van der Waals surface area contributed by atoms with Gasteiger partial charge in [0.15, 0.2) is 0 Å². The molecule has 1 amide bonds. The number of nitrogens with zero attached hydrogens (tertiary/aromatic N) is 2. The average Bonchev–Trinajstić information content (AvgIpc) is 3.13. The quantitative estimate of drug-likeness (QED) is 0.534. The van der Waals surface area contributed by atoms with Crippen LogP contribution >= 0.6 is 0 Å². The number of ether oxygens (including phenoxy) is 2. The van der Waals surface area contributed by atoms with Gasteiger partial charge in [-0.3, -0.25) is 4.79 Å². The molecule has 0 bridgehead atoms. The van der Waals surface area contributed by atoms with Gasteiger partial charge < -0.3 is 14.8 Å². The Morgan fingerprint density at radius 3 is 2.44 bits per heavy atom. The number of hydrogen-bond acceptors (Lipinski definition) is 4. The number of rotatable bonds is 8. The summed E-state index contributed by atoms with van der Waals surface area (Å²) in [6, 6.07) is 14.4. The highest BCUT2D eigenvalue weighted by atomic mass is 19.1. The largest absolute Gasteiger partial charge is 0.494 e. The number of carbonyl (C=O) groups excluding carboxylic acids is 1. The molecule has 0 saturated carbocycles. The first-order chi connectivity index (χ1) is 16.4. The summed E-state index contributed by atoms with van der Waals surface area (Å²) < 4.78 is 26.3. The molecule has 3 aromatic rings. The summed E-state index contributed by atoms with van der Waals surface area (Å²) in [5.74, 6) is 0.516. The Morgan fingerprint density at radius 2 is 1.79 bits per heavy atom. The molecule has 1 fully saturated rings. The minimum Gasteiger partial charge on any atom is -0.494 e. The second-order valence-corrected chi connectivity index (χ2v) is 8.84. The van der Waals surface area contributed by atoms with Crippen LogP contribution in [0.3, 0.4) is 0 Å². The van der Waals surface area contributed by atoms with Crippen LogP contribution in [0.1, 0.15) is 42.3 Å². The van der Waals surface area contributed by atoms with Crippen molar-refractivity contribution in [2.45, 2.75) is 45.4 Å². The van der Waals surface area contributed by atoms with Crippen LogP contribution in [-0.2, 0) is 21.4 Å². The number of halogens is 1. The number of hydrogen-bond donors (Lipinski definition) is 1. The van der Waals surface area contributed by atoms with Crippen molar-refractivity contribution in [2.75, 3.05) is 26.4 Å². The van der Waals surface area contributed by atoms with Crippen molar-refractivity contribution in [3.05, 3.63) is 76.9 Å². The van der Waals surface area contributed by atoms with Gasteiger partial charge in [-0.05, 0) is 75.6 Å². The topological polar surface area (TPSA) is 65.4 Å². The highest BCUT2D eigenvalue weighted by Gasteiger charge is 2.35. The molecule has 1 aromatic heterocycles.